The highest BCUT2D eigenvalue weighted by molar-refractivity contribution is 6.32. The number of carbonyl (C=O) groups excluding carboxylic acids is 2. The van der Waals surface area contributed by atoms with E-state index < -0.39 is 5.92 Å². The number of rotatable bonds is 3. The van der Waals surface area contributed by atoms with E-state index in [1.165, 1.54) is 6.07 Å². The number of hydrogen-bond acceptors (Lipinski definition) is 3. The maximum atomic E-state index is 12.4. The molecule has 0 saturated carbocycles. The third-order valence-corrected chi connectivity index (χ3v) is 4.23. The van der Waals surface area contributed by atoms with Gasteiger partial charge in [-0.1, -0.05) is 29.8 Å². The molecule has 5 nitrogen and oxygen atoms in total. The van der Waals surface area contributed by atoms with Gasteiger partial charge in [-0.3, -0.25) is 9.59 Å². The lowest BCUT2D eigenvalue weighted by Crippen LogP contribution is -2.28. The van der Waals surface area contributed by atoms with Crippen LogP contribution in [0.4, 0.5) is 11.4 Å². The van der Waals surface area contributed by atoms with E-state index in [1.807, 2.05) is 36.4 Å². The van der Waals surface area contributed by atoms with Crippen molar-refractivity contribution in [3.8, 4) is 6.07 Å². The molecule has 0 aromatic heterocycles. The van der Waals surface area contributed by atoms with Crippen molar-refractivity contribution < 1.29 is 9.59 Å². The predicted molar refractivity (Wildman–Crippen MR) is 91.7 cm³/mol. The molecule has 120 valence electrons. The minimum atomic E-state index is -0.424. The molecule has 2 aromatic rings. The Morgan fingerprint density at radius 2 is 2.00 bits per heavy atom. The lowest BCUT2D eigenvalue weighted by molar-refractivity contribution is -0.122. The number of nitrogens with one attached hydrogen (secondary N) is 1. The Balaban J connectivity index is 1.69. The molecule has 3 rings (SSSR count). The van der Waals surface area contributed by atoms with Gasteiger partial charge >= 0.3 is 0 Å². The Kier molecular flexibility index (Phi) is 4.50. The van der Waals surface area contributed by atoms with Crippen molar-refractivity contribution in [3.05, 3.63) is 59.1 Å². The summed E-state index contributed by atoms with van der Waals surface area (Å²) in [6.07, 6.45) is 0.171. The number of halogens is 1. The van der Waals surface area contributed by atoms with Crippen LogP contribution in [0.15, 0.2) is 48.5 Å². The summed E-state index contributed by atoms with van der Waals surface area (Å²) in [6.45, 7) is 0.346. The lowest BCUT2D eigenvalue weighted by atomic mass is 10.1. The number of hydrogen-bond donors (Lipinski definition) is 1. The van der Waals surface area contributed by atoms with Gasteiger partial charge in [0, 0.05) is 24.3 Å². The second-order valence-electron chi connectivity index (χ2n) is 5.54. The van der Waals surface area contributed by atoms with Gasteiger partial charge in [0.05, 0.1) is 16.5 Å². The fourth-order valence-corrected chi connectivity index (χ4v) is 2.89. The van der Waals surface area contributed by atoms with Gasteiger partial charge in [-0.2, -0.15) is 5.26 Å². The maximum Gasteiger partial charge on any atom is 0.229 e. The van der Waals surface area contributed by atoms with Gasteiger partial charge in [0.25, 0.3) is 0 Å². The van der Waals surface area contributed by atoms with Gasteiger partial charge in [0.1, 0.15) is 6.07 Å². The molecule has 1 aliphatic rings. The molecule has 2 amide bonds. The number of benzene rings is 2. The quantitative estimate of drug-likeness (QED) is 0.933. The lowest BCUT2D eigenvalue weighted by Gasteiger charge is -2.16. The van der Waals surface area contributed by atoms with Gasteiger partial charge in [-0.25, -0.2) is 0 Å². The summed E-state index contributed by atoms with van der Waals surface area (Å²) in [6, 6.07) is 15.9. The van der Waals surface area contributed by atoms with Crippen molar-refractivity contribution in [2.24, 2.45) is 5.92 Å². The second kappa shape index (κ2) is 6.73. The summed E-state index contributed by atoms with van der Waals surface area (Å²) in [7, 11) is 0. The number of carbonyl (C=O) groups is 2. The zero-order valence-corrected chi connectivity index (χ0v) is 13.5. The van der Waals surface area contributed by atoms with E-state index >= 15 is 0 Å². The summed E-state index contributed by atoms with van der Waals surface area (Å²) in [5, 5.41) is 11.9. The number of nitrogens with zero attached hydrogens (tertiary/aromatic N) is 2. The molecule has 1 heterocycles. The van der Waals surface area contributed by atoms with Gasteiger partial charge in [-0.05, 0) is 30.3 Å². The highest BCUT2D eigenvalue weighted by Crippen LogP contribution is 2.26. The molecule has 2 aromatic carbocycles. The molecule has 0 unspecified atom stereocenters. The van der Waals surface area contributed by atoms with Crippen LogP contribution in [-0.4, -0.2) is 18.4 Å². The van der Waals surface area contributed by atoms with Crippen molar-refractivity contribution in [3.63, 3.8) is 0 Å². The maximum absolute atomic E-state index is 12.4. The summed E-state index contributed by atoms with van der Waals surface area (Å²) in [5.41, 5.74) is 1.65. The summed E-state index contributed by atoms with van der Waals surface area (Å²) in [5.74, 6) is -0.728. The van der Waals surface area contributed by atoms with Crippen molar-refractivity contribution >= 4 is 34.8 Å². The van der Waals surface area contributed by atoms with Crippen LogP contribution in [0.1, 0.15) is 12.0 Å². The monoisotopic (exact) mass is 339 g/mol. The first-order valence-corrected chi connectivity index (χ1v) is 7.82. The third-order valence-electron chi connectivity index (χ3n) is 3.92. The summed E-state index contributed by atoms with van der Waals surface area (Å²) >= 11 is 5.96. The number of amides is 2. The smallest absolute Gasteiger partial charge is 0.229 e. The molecular formula is C18H14ClN3O2. The minimum Gasteiger partial charge on any atom is -0.326 e. The average Bonchev–Trinajstić information content (AvgIpc) is 2.98. The zero-order valence-electron chi connectivity index (χ0n) is 12.7. The molecule has 0 spiro atoms. The van der Waals surface area contributed by atoms with Crippen LogP contribution >= 0.6 is 11.6 Å². The Bertz CT molecular complexity index is 830. The molecule has 1 atom stereocenters. The summed E-state index contributed by atoms with van der Waals surface area (Å²) in [4.78, 5) is 26.2. The molecule has 24 heavy (non-hydrogen) atoms. The molecule has 1 saturated heterocycles. The van der Waals surface area contributed by atoms with E-state index in [-0.39, 0.29) is 23.3 Å². The predicted octanol–water partition coefficient (Wildman–Crippen LogP) is 3.20. The fourth-order valence-electron chi connectivity index (χ4n) is 2.67. The topological polar surface area (TPSA) is 73.2 Å². The van der Waals surface area contributed by atoms with Gasteiger partial charge in [0.2, 0.25) is 11.8 Å². The van der Waals surface area contributed by atoms with Crippen molar-refractivity contribution in [2.75, 3.05) is 16.8 Å². The molecule has 1 fully saturated rings. The Hall–Kier alpha value is -2.84. The first-order chi connectivity index (χ1) is 11.6. The third kappa shape index (κ3) is 3.24. The molecule has 0 bridgehead atoms. The Morgan fingerprint density at radius 3 is 2.67 bits per heavy atom. The minimum absolute atomic E-state index is 0.0702. The first-order valence-electron chi connectivity index (χ1n) is 7.44. The van der Waals surface area contributed by atoms with Crippen LogP contribution < -0.4 is 10.2 Å². The van der Waals surface area contributed by atoms with Gasteiger partial charge < -0.3 is 10.2 Å². The summed E-state index contributed by atoms with van der Waals surface area (Å²) < 4.78 is 0. The van der Waals surface area contributed by atoms with Crippen LogP contribution in [0.25, 0.3) is 0 Å². The molecule has 0 aliphatic carbocycles. The SMILES string of the molecule is N#Cc1ccc(NC(=O)[C@H]2CC(=O)N(c3ccccc3)C2)cc1Cl. The molecule has 6 heteroatoms. The highest BCUT2D eigenvalue weighted by Gasteiger charge is 2.35. The second-order valence-corrected chi connectivity index (χ2v) is 5.94. The number of anilines is 2. The van der Waals surface area contributed by atoms with E-state index in [0.717, 1.165) is 5.69 Å². The highest BCUT2D eigenvalue weighted by atomic mass is 35.5. The Labute approximate surface area is 144 Å². The zero-order chi connectivity index (χ0) is 17.1. The van der Waals surface area contributed by atoms with Crippen molar-refractivity contribution in [1.82, 2.24) is 0 Å². The molecule has 0 radical (unpaired) electrons. The molecule has 1 N–H and O–H groups in total. The first kappa shape index (κ1) is 16.0. The van der Waals surface area contributed by atoms with Crippen molar-refractivity contribution in [2.45, 2.75) is 6.42 Å². The fraction of sp³-hybridized carbons (Fsp3) is 0.167. The van der Waals surface area contributed by atoms with Crippen LogP contribution in [0.2, 0.25) is 5.02 Å². The standard InChI is InChI=1S/C18H14ClN3O2/c19-16-9-14(7-6-12(16)10-20)21-18(24)13-8-17(23)22(11-13)15-4-2-1-3-5-15/h1-7,9,13H,8,11H2,(H,21,24)/t13-/m0/s1. The van der Waals surface area contributed by atoms with Crippen LogP contribution in [0.3, 0.4) is 0 Å². The van der Waals surface area contributed by atoms with E-state index in [1.54, 1.807) is 17.0 Å². The van der Waals surface area contributed by atoms with E-state index in [9.17, 15) is 9.59 Å². The van der Waals surface area contributed by atoms with Gasteiger partial charge in [0.15, 0.2) is 0 Å². The number of para-hydroxylation sites is 1. The van der Waals surface area contributed by atoms with E-state index in [2.05, 4.69) is 5.32 Å². The van der Waals surface area contributed by atoms with E-state index in [4.69, 9.17) is 16.9 Å². The van der Waals surface area contributed by atoms with Gasteiger partial charge in [-0.15, -0.1) is 0 Å². The van der Waals surface area contributed by atoms with Crippen LogP contribution in [0, 0.1) is 17.2 Å². The van der Waals surface area contributed by atoms with Crippen LogP contribution in [-0.2, 0) is 9.59 Å². The van der Waals surface area contributed by atoms with E-state index in [0.29, 0.717) is 17.8 Å². The number of nitriles is 1. The Morgan fingerprint density at radius 1 is 1.25 bits per heavy atom. The average molecular weight is 340 g/mol. The largest absolute Gasteiger partial charge is 0.326 e. The normalized spacial score (nSPS) is 16.8. The molecular weight excluding hydrogens is 326 g/mol. The molecule has 1 aliphatic heterocycles. The van der Waals surface area contributed by atoms with Crippen molar-refractivity contribution in [1.29, 1.82) is 5.26 Å². The van der Waals surface area contributed by atoms with Crippen LogP contribution in [0.5, 0.6) is 0 Å².